The summed E-state index contributed by atoms with van der Waals surface area (Å²) in [6, 6.07) is 3.84. The first-order valence-electron chi connectivity index (χ1n) is 7.54. The summed E-state index contributed by atoms with van der Waals surface area (Å²) in [4.78, 5) is 12.8. The number of nitrogens with zero attached hydrogens (tertiary/aromatic N) is 3. The van der Waals surface area contributed by atoms with Crippen molar-refractivity contribution in [2.45, 2.75) is 26.7 Å². The molecule has 0 aromatic carbocycles. The van der Waals surface area contributed by atoms with Crippen LogP contribution in [0.15, 0.2) is 40.8 Å². The summed E-state index contributed by atoms with van der Waals surface area (Å²) in [6.07, 6.45) is 1.70. The first kappa shape index (κ1) is 16.2. The molecule has 0 amide bonds. The highest BCUT2D eigenvalue weighted by Crippen LogP contribution is 2.46. The molecule has 3 rings (SSSR count). The predicted octanol–water partition coefficient (Wildman–Crippen LogP) is 4.12. The third kappa shape index (κ3) is 2.68. The maximum Gasteiger partial charge on any atom is 0.215 e. The van der Waals surface area contributed by atoms with Crippen molar-refractivity contribution in [3.8, 4) is 5.88 Å². The number of rotatable bonds is 3. The van der Waals surface area contributed by atoms with E-state index in [1.54, 1.807) is 24.6 Å². The maximum absolute atomic E-state index is 7.68. The summed E-state index contributed by atoms with van der Waals surface area (Å²) in [5, 5.41) is 6.27. The van der Waals surface area contributed by atoms with E-state index in [-0.39, 0.29) is 5.92 Å². The summed E-state index contributed by atoms with van der Waals surface area (Å²) in [6.45, 7) is 13.6. The van der Waals surface area contributed by atoms with Crippen molar-refractivity contribution >= 4 is 16.9 Å². The van der Waals surface area contributed by atoms with Gasteiger partial charge in [0.2, 0.25) is 5.88 Å². The fourth-order valence-electron chi connectivity index (χ4n) is 2.99. The lowest BCUT2D eigenvalue weighted by atomic mass is 9.85. The molecule has 2 aromatic rings. The van der Waals surface area contributed by atoms with Crippen molar-refractivity contribution in [2.75, 3.05) is 7.11 Å². The molecule has 6 heteroatoms. The lowest BCUT2D eigenvalue weighted by Crippen LogP contribution is -2.23. The molecule has 1 N–H and O–H groups in total. The van der Waals surface area contributed by atoms with Gasteiger partial charge in [0.1, 0.15) is 5.01 Å². The van der Waals surface area contributed by atoms with Gasteiger partial charge in [0, 0.05) is 39.8 Å². The van der Waals surface area contributed by atoms with Gasteiger partial charge >= 0.3 is 0 Å². The highest BCUT2D eigenvalue weighted by atomic mass is 32.1. The van der Waals surface area contributed by atoms with Gasteiger partial charge in [-0.15, -0.1) is 11.3 Å². The summed E-state index contributed by atoms with van der Waals surface area (Å²) >= 11 is 1.59. The number of hydrogen-bond donors (Lipinski definition) is 1. The number of dihydropyridines is 1. The Hall–Kier alpha value is -2.65. The average molecular weight is 338 g/mol. The van der Waals surface area contributed by atoms with Gasteiger partial charge in [-0.25, -0.2) is 14.8 Å². The molecule has 0 fully saturated rings. The minimum absolute atomic E-state index is 0.238. The van der Waals surface area contributed by atoms with Gasteiger partial charge in [0.05, 0.1) is 19.6 Å². The molecule has 0 bridgehead atoms. The Kier molecular flexibility index (Phi) is 4.36. The summed E-state index contributed by atoms with van der Waals surface area (Å²) in [5.74, 6) is 0.301. The lowest BCUT2D eigenvalue weighted by Gasteiger charge is -2.29. The van der Waals surface area contributed by atoms with E-state index in [1.165, 1.54) is 0 Å². The Labute approximate surface area is 145 Å². The first-order valence-corrected chi connectivity index (χ1v) is 8.42. The van der Waals surface area contributed by atoms with E-state index in [9.17, 15) is 0 Å². The Morgan fingerprint density at radius 3 is 2.71 bits per heavy atom. The Morgan fingerprint density at radius 1 is 1.29 bits per heavy atom. The molecule has 1 unspecified atom stereocenters. The molecule has 0 aliphatic carbocycles. The zero-order valence-corrected chi connectivity index (χ0v) is 14.9. The molecule has 3 heterocycles. The third-order valence-electron chi connectivity index (χ3n) is 4.00. The second-order valence-electron chi connectivity index (χ2n) is 5.61. The van der Waals surface area contributed by atoms with Crippen molar-refractivity contribution in [1.82, 2.24) is 15.3 Å². The number of aromatic nitrogens is 2. The first-order chi connectivity index (χ1) is 11.6. The minimum atomic E-state index is -0.238. The molecule has 122 valence electrons. The van der Waals surface area contributed by atoms with Crippen LogP contribution in [-0.4, -0.2) is 17.1 Å². The second kappa shape index (κ2) is 6.46. The van der Waals surface area contributed by atoms with E-state index in [4.69, 9.17) is 11.3 Å². The van der Waals surface area contributed by atoms with Crippen molar-refractivity contribution < 1.29 is 4.74 Å². The van der Waals surface area contributed by atoms with Crippen LogP contribution in [0.2, 0.25) is 0 Å². The fraction of sp³-hybridized carbons (Fsp3) is 0.278. The number of pyridine rings is 1. The standard InChI is InChI=1S/C18H18N4OS/c1-10-9-24-18(21-10)14-11(2)22-12(3)16(19-4)15(14)13-7-6-8-20-17(13)23-5/h6-9,15,22H,1-3,5H3. The summed E-state index contributed by atoms with van der Waals surface area (Å²) < 4.78 is 5.45. The molecule has 0 radical (unpaired) electrons. The number of aryl methyl sites for hydroxylation is 1. The van der Waals surface area contributed by atoms with Gasteiger partial charge in [-0.2, -0.15) is 0 Å². The largest absolute Gasteiger partial charge is 0.481 e. The van der Waals surface area contributed by atoms with Crippen LogP contribution in [-0.2, 0) is 0 Å². The van der Waals surface area contributed by atoms with E-state index in [2.05, 4.69) is 20.1 Å². The molecule has 0 saturated heterocycles. The third-order valence-corrected chi connectivity index (χ3v) is 4.99. The molecule has 1 atom stereocenters. The highest BCUT2D eigenvalue weighted by molar-refractivity contribution is 7.10. The van der Waals surface area contributed by atoms with Gasteiger partial charge in [0.15, 0.2) is 5.70 Å². The van der Waals surface area contributed by atoms with E-state index < -0.39 is 0 Å². The van der Waals surface area contributed by atoms with E-state index >= 15 is 0 Å². The highest BCUT2D eigenvalue weighted by Gasteiger charge is 2.34. The van der Waals surface area contributed by atoms with Crippen LogP contribution in [0, 0.1) is 13.5 Å². The van der Waals surface area contributed by atoms with Crippen LogP contribution >= 0.6 is 11.3 Å². The predicted molar refractivity (Wildman–Crippen MR) is 95.4 cm³/mol. The maximum atomic E-state index is 7.68. The molecule has 1 aliphatic heterocycles. The molecule has 24 heavy (non-hydrogen) atoms. The van der Waals surface area contributed by atoms with E-state index in [0.717, 1.165) is 33.2 Å². The Morgan fingerprint density at radius 2 is 2.08 bits per heavy atom. The molecule has 5 nitrogen and oxygen atoms in total. The molecule has 1 aliphatic rings. The number of nitrogens with one attached hydrogen (secondary N) is 1. The molecular weight excluding hydrogens is 320 g/mol. The minimum Gasteiger partial charge on any atom is -0.481 e. The number of allylic oxidation sites excluding steroid dienone is 3. The Bertz CT molecular complexity index is 888. The normalized spacial score (nSPS) is 17.5. The zero-order chi connectivity index (χ0) is 17.3. The van der Waals surface area contributed by atoms with Gasteiger partial charge in [-0.1, -0.05) is 6.07 Å². The van der Waals surface area contributed by atoms with Crippen molar-refractivity contribution in [3.63, 3.8) is 0 Å². The summed E-state index contributed by atoms with van der Waals surface area (Å²) in [5.41, 5.74) is 5.38. The monoisotopic (exact) mass is 338 g/mol. The number of thiazole rings is 1. The number of hydrogen-bond acceptors (Lipinski definition) is 5. The van der Waals surface area contributed by atoms with Crippen LogP contribution in [0.25, 0.3) is 10.4 Å². The molecule has 2 aromatic heterocycles. The molecular formula is C18H18N4OS. The second-order valence-corrected chi connectivity index (χ2v) is 6.47. The van der Waals surface area contributed by atoms with Gasteiger partial charge in [-0.05, 0) is 26.8 Å². The summed E-state index contributed by atoms with van der Waals surface area (Å²) in [7, 11) is 1.60. The SMILES string of the molecule is [C-]#[N+]C1=C(C)NC(C)=C(c2nc(C)cs2)C1c1cccnc1OC. The fourth-order valence-corrected chi connectivity index (χ4v) is 3.92. The van der Waals surface area contributed by atoms with Gasteiger partial charge in [0.25, 0.3) is 0 Å². The topological polar surface area (TPSA) is 51.4 Å². The van der Waals surface area contributed by atoms with Crippen LogP contribution in [0.1, 0.15) is 36.0 Å². The quantitative estimate of drug-likeness (QED) is 0.855. The van der Waals surface area contributed by atoms with Crippen molar-refractivity contribution in [1.29, 1.82) is 0 Å². The van der Waals surface area contributed by atoms with Crippen molar-refractivity contribution in [2.24, 2.45) is 0 Å². The van der Waals surface area contributed by atoms with Gasteiger partial charge in [-0.3, -0.25) is 0 Å². The zero-order valence-electron chi connectivity index (χ0n) is 14.0. The van der Waals surface area contributed by atoms with Gasteiger partial charge < -0.3 is 10.1 Å². The lowest BCUT2D eigenvalue weighted by molar-refractivity contribution is 0.392. The molecule has 0 spiro atoms. The van der Waals surface area contributed by atoms with Crippen LogP contribution in [0.4, 0.5) is 0 Å². The average Bonchev–Trinajstić information content (AvgIpc) is 3.00. The van der Waals surface area contributed by atoms with E-state index in [0.29, 0.717) is 11.6 Å². The smallest absolute Gasteiger partial charge is 0.215 e. The Balaban J connectivity index is 2.26. The van der Waals surface area contributed by atoms with Crippen LogP contribution in [0.3, 0.4) is 0 Å². The van der Waals surface area contributed by atoms with Crippen molar-refractivity contribution in [3.05, 3.63) is 68.5 Å². The van der Waals surface area contributed by atoms with Crippen LogP contribution in [0.5, 0.6) is 5.88 Å². The van der Waals surface area contributed by atoms with Crippen LogP contribution < -0.4 is 10.1 Å². The molecule has 0 saturated carbocycles. The van der Waals surface area contributed by atoms with E-state index in [1.807, 2.05) is 38.3 Å². The number of ether oxygens (including phenoxy) is 1. The number of methoxy groups -OCH3 is 1.